The van der Waals surface area contributed by atoms with Crippen LogP contribution >= 0.6 is 24.0 Å². The smallest absolute Gasteiger partial charge is 0.254 e. The molecule has 1 saturated heterocycles. The molecule has 2 aromatic rings. The second-order valence-corrected chi connectivity index (χ2v) is 7.56. The van der Waals surface area contributed by atoms with Crippen LogP contribution in [0, 0.1) is 0 Å². The van der Waals surface area contributed by atoms with Crippen LogP contribution in [-0.2, 0) is 30.7 Å². The zero-order chi connectivity index (χ0) is 22.9. The van der Waals surface area contributed by atoms with E-state index in [2.05, 4.69) is 39.9 Å². The maximum atomic E-state index is 12.6. The van der Waals surface area contributed by atoms with Crippen LogP contribution in [0.1, 0.15) is 53.7 Å². The Bertz CT molecular complexity index is 936. The number of nitrogens with one attached hydrogen (secondary N) is 3. The van der Waals surface area contributed by atoms with Crippen molar-refractivity contribution < 1.29 is 14.1 Å². The third kappa shape index (κ3) is 7.18. The fourth-order valence-corrected chi connectivity index (χ4v) is 3.57. The lowest BCUT2D eigenvalue weighted by molar-refractivity contribution is -0.123. The van der Waals surface area contributed by atoms with E-state index in [9.17, 15) is 9.59 Å². The first-order valence-electron chi connectivity index (χ1n) is 11.2. The number of piperazine rings is 1. The normalized spacial score (nSPS) is 13.8. The first-order valence-corrected chi connectivity index (χ1v) is 11.2. The van der Waals surface area contributed by atoms with Gasteiger partial charge in [-0.25, -0.2) is 4.99 Å². The number of guanidine groups is 1. The molecule has 3 N–H and O–H groups in total. The van der Waals surface area contributed by atoms with Crippen LogP contribution in [-0.4, -0.2) is 54.0 Å². The summed E-state index contributed by atoms with van der Waals surface area (Å²) in [7, 11) is 0. The average molecular weight is 568 g/mol. The lowest BCUT2D eigenvalue weighted by atomic mass is 10.1. The van der Waals surface area contributed by atoms with Gasteiger partial charge >= 0.3 is 0 Å². The van der Waals surface area contributed by atoms with Crippen LogP contribution in [0.4, 0.5) is 0 Å². The Hall–Kier alpha value is -2.63. The molecular weight excluding hydrogens is 535 g/mol. The van der Waals surface area contributed by atoms with Crippen LogP contribution < -0.4 is 16.0 Å². The van der Waals surface area contributed by atoms with E-state index in [0.29, 0.717) is 37.7 Å². The van der Waals surface area contributed by atoms with E-state index in [4.69, 9.17) is 4.52 Å². The van der Waals surface area contributed by atoms with Crippen LogP contribution in [0.3, 0.4) is 0 Å². The van der Waals surface area contributed by atoms with Gasteiger partial charge in [-0.05, 0) is 31.0 Å². The molecule has 0 aliphatic carbocycles. The lowest BCUT2D eigenvalue weighted by Gasteiger charge is -2.26. The number of rotatable bonds is 8. The van der Waals surface area contributed by atoms with E-state index in [1.165, 1.54) is 0 Å². The fourth-order valence-electron chi connectivity index (χ4n) is 3.57. The number of carbonyl (C=O) groups excluding carboxylic acids is 2. The molecule has 1 fully saturated rings. The summed E-state index contributed by atoms with van der Waals surface area (Å²) in [6.07, 6.45) is 1.62. The summed E-state index contributed by atoms with van der Waals surface area (Å²) >= 11 is 0. The molecule has 0 bridgehead atoms. The van der Waals surface area contributed by atoms with Gasteiger partial charge in [0.1, 0.15) is 5.76 Å². The minimum atomic E-state index is -0.128. The van der Waals surface area contributed by atoms with Gasteiger partial charge in [0.2, 0.25) is 5.91 Å². The van der Waals surface area contributed by atoms with E-state index in [0.717, 1.165) is 42.0 Å². The molecule has 3 rings (SSSR count). The molecule has 0 radical (unpaired) electrons. The minimum Gasteiger partial charge on any atom is -0.361 e. The van der Waals surface area contributed by atoms with Crippen LogP contribution in [0.25, 0.3) is 0 Å². The van der Waals surface area contributed by atoms with Gasteiger partial charge in [-0.1, -0.05) is 31.1 Å². The van der Waals surface area contributed by atoms with Crippen molar-refractivity contribution in [1.82, 2.24) is 26.0 Å². The monoisotopic (exact) mass is 568 g/mol. The number of aliphatic imine (C=N–C) groups is 1. The van der Waals surface area contributed by atoms with Crippen molar-refractivity contribution >= 4 is 41.8 Å². The van der Waals surface area contributed by atoms with Crippen molar-refractivity contribution in [1.29, 1.82) is 0 Å². The minimum absolute atomic E-state index is 0. The fraction of sp³-hybridized carbons (Fsp3) is 0.478. The summed E-state index contributed by atoms with van der Waals surface area (Å²) < 4.78 is 5.43. The largest absolute Gasteiger partial charge is 0.361 e. The molecule has 0 atom stereocenters. The van der Waals surface area contributed by atoms with Gasteiger partial charge in [-0.3, -0.25) is 9.59 Å². The Morgan fingerprint density at radius 1 is 1.18 bits per heavy atom. The van der Waals surface area contributed by atoms with Gasteiger partial charge in [0.25, 0.3) is 5.91 Å². The number of aryl methyl sites for hydroxylation is 2. The summed E-state index contributed by atoms with van der Waals surface area (Å²) in [4.78, 5) is 30.4. The third-order valence-electron chi connectivity index (χ3n) is 5.33. The van der Waals surface area contributed by atoms with Crippen molar-refractivity contribution in [3.05, 3.63) is 52.4 Å². The number of amides is 2. The molecule has 0 unspecified atom stereocenters. The predicted octanol–water partition coefficient (Wildman–Crippen LogP) is 2.24. The van der Waals surface area contributed by atoms with Crippen LogP contribution in [0.2, 0.25) is 0 Å². The van der Waals surface area contributed by atoms with E-state index in [1.807, 2.05) is 19.1 Å². The molecule has 180 valence electrons. The summed E-state index contributed by atoms with van der Waals surface area (Å²) in [6.45, 7) is 9.08. The van der Waals surface area contributed by atoms with E-state index in [1.54, 1.807) is 17.0 Å². The highest BCUT2D eigenvalue weighted by atomic mass is 127. The van der Waals surface area contributed by atoms with E-state index < -0.39 is 0 Å². The van der Waals surface area contributed by atoms with Gasteiger partial charge in [-0.15, -0.1) is 24.0 Å². The van der Waals surface area contributed by atoms with Gasteiger partial charge in [0.05, 0.1) is 18.8 Å². The molecule has 0 saturated carbocycles. The third-order valence-corrected chi connectivity index (χ3v) is 5.33. The topological polar surface area (TPSA) is 112 Å². The highest BCUT2D eigenvalue weighted by Gasteiger charge is 2.22. The summed E-state index contributed by atoms with van der Waals surface area (Å²) in [5.41, 5.74) is 3.62. The van der Waals surface area contributed by atoms with Crippen LogP contribution in [0.15, 0.2) is 33.8 Å². The molecule has 10 heteroatoms. The maximum absolute atomic E-state index is 12.6. The van der Waals surface area contributed by atoms with Gasteiger partial charge in [0.15, 0.2) is 5.96 Å². The molecule has 2 heterocycles. The second kappa shape index (κ2) is 13.2. The molecular formula is C23H33IN6O3. The van der Waals surface area contributed by atoms with Gasteiger partial charge in [0, 0.05) is 43.7 Å². The number of hydrogen-bond acceptors (Lipinski definition) is 5. The van der Waals surface area contributed by atoms with Gasteiger partial charge in [-0.2, -0.15) is 0 Å². The maximum Gasteiger partial charge on any atom is 0.254 e. The Kier molecular flexibility index (Phi) is 10.6. The number of nitrogens with zero attached hydrogens (tertiary/aromatic N) is 3. The van der Waals surface area contributed by atoms with Crippen molar-refractivity contribution in [3.63, 3.8) is 0 Å². The quantitative estimate of drug-likeness (QED) is 0.256. The molecule has 1 aliphatic rings. The number of benzene rings is 1. The number of carbonyl (C=O) groups is 2. The van der Waals surface area contributed by atoms with E-state index in [-0.39, 0.29) is 42.3 Å². The van der Waals surface area contributed by atoms with Crippen molar-refractivity contribution in [2.75, 3.05) is 26.2 Å². The Morgan fingerprint density at radius 2 is 1.94 bits per heavy atom. The SMILES string of the molecule is CCNC(=NCc1ccc(C(=O)N2CCNC(=O)C2)cc1)NCc1c(CC)noc1CC.I. The molecule has 1 aromatic heterocycles. The molecule has 9 nitrogen and oxygen atoms in total. The molecule has 33 heavy (non-hydrogen) atoms. The predicted molar refractivity (Wildman–Crippen MR) is 138 cm³/mol. The zero-order valence-electron chi connectivity index (χ0n) is 19.4. The zero-order valence-corrected chi connectivity index (χ0v) is 21.8. The van der Waals surface area contributed by atoms with Crippen molar-refractivity contribution in [2.45, 2.75) is 46.7 Å². The van der Waals surface area contributed by atoms with Crippen molar-refractivity contribution in [3.8, 4) is 0 Å². The average Bonchev–Trinajstić information content (AvgIpc) is 3.22. The van der Waals surface area contributed by atoms with Gasteiger partial charge < -0.3 is 25.4 Å². The highest BCUT2D eigenvalue weighted by molar-refractivity contribution is 14.0. The van der Waals surface area contributed by atoms with E-state index >= 15 is 0 Å². The Balaban J connectivity index is 0.00000385. The lowest BCUT2D eigenvalue weighted by Crippen LogP contribution is -2.49. The summed E-state index contributed by atoms with van der Waals surface area (Å²) in [6, 6.07) is 7.37. The Morgan fingerprint density at radius 3 is 2.58 bits per heavy atom. The second-order valence-electron chi connectivity index (χ2n) is 7.56. The van der Waals surface area contributed by atoms with Crippen molar-refractivity contribution in [2.24, 2.45) is 4.99 Å². The molecule has 1 aliphatic heterocycles. The number of aromatic nitrogens is 1. The molecule has 1 aromatic carbocycles. The highest BCUT2D eigenvalue weighted by Crippen LogP contribution is 2.15. The van der Waals surface area contributed by atoms with Crippen LogP contribution in [0.5, 0.6) is 0 Å². The first kappa shape index (κ1) is 26.6. The number of hydrogen-bond donors (Lipinski definition) is 3. The standard InChI is InChI=1S/C23H32N6O3.HI/c1-4-19-18(20(5-2)32-28-19)14-27-23(24-6-3)26-13-16-7-9-17(10-8-16)22(31)29-12-11-25-21(30)15-29;/h7-10H,4-6,11-15H2,1-3H3,(H,25,30)(H2,24,26,27);1H. The summed E-state index contributed by atoms with van der Waals surface area (Å²) in [5.74, 6) is 1.35. The summed E-state index contributed by atoms with van der Waals surface area (Å²) in [5, 5.41) is 13.5. The number of halogens is 1. The molecule has 0 spiro atoms. The Labute approximate surface area is 211 Å². The first-order chi connectivity index (χ1) is 15.5. The molecule has 2 amide bonds.